The maximum absolute atomic E-state index is 12.6. The number of carbonyl (C=O) groups is 1. The summed E-state index contributed by atoms with van der Waals surface area (Å²) in [5.41, 5.74) is 1.25. The summed E-state index contributed by atoms with van der Waals surface area (Å²) in [4.78, 5) is 14.7. The summed E-state index contributed by atoms with van der Waals surface area (Å²) in [6, 6.07) is 8.27. The van der Waals surface area contributed by atoms with Crippen molar-refractivity contribution in [2.24, 2.45) is 0 Å². The highest BCUT2D eigenvalue weighted by Gasteiger charge is 2.33. The number of benzene rings is 1. The lowest BCUT2D eigenvalue weighted by Crippen LogP contribution is -2.48. The molecule has 114 valence electrons. The zero-order valence-corrected chi connectivity index (χ0v) is 13.0. The Morgan fingerprint density at radius 2 is 2.00 bits per heavy atom. The number of piperidine rings is 1. The van der Waals surface area contributed by atoms with Crippen molar-refractivity contribution in [1.29, 1.82) is 0 Å². The summed E-state index contributed by atoms with van der Waals surface area (Å²) in [5.74, 6) is 0.200. The number of nitrogens with zero attached hydrogens (tertiary/aromatic N) is 1. The third-order valence-corrected chi connectivity index (χ3v) is 4.75. The maximum atomic E-state index is 12.6. The normalized spacial score (nSPS) is 26.0. The molecule has 1 aromatic carbocycles. The van der Waals surface area contributed by atoms with Crippen LogP contribution < -0.4 is 0 Å². The minimum absolute atomic E-state index is 0.198. The van der Waals surface area contributed by atoms with Crippen LogP contribution in [0.2, 0.25) is 5.02 Å². The van der Waals surface area contributed by atoms with E-state index in [1.165, 1.54) is 12.0 Å². The zero-order chi connectivity index (χ0) is 14.7. The Morgan fingerprint density at radius 3 is 2.71 bits per heavy atom. The second kappa shape index (κ2) is 6.80. The molecule has 0 bridgehead atoms. The Balaban J connectivity index is 1.68. The Labute approximate surface area is 131 Å². The van der Waals surface area contributed by atoms with Crippen LogP contribution in [-0.4, -0.2) is 36.1 Å². The van der Waals surface area contributed by atoms with E-state index in [4.69, 9.17) is 16.3 Å². The van der Waals surface area contributed by atoms with Crippen LogP contribution in [0, 0.1) is 0 Å². The van der Waals surface area contributed by atoms with Gasteiger partial charge in [-0.05, 0) is 56.2 Å². The van der Waals surface area contributed by atoms with Crippen molar-refractivity contribution < 1.29 is 9.53 Å². The van der Waals surface area contributed by atoms with E-state index >= 15 is 0 Å². The molecule has 2 fully saturated rings. The first-order chi connectivity index (χ1) is 10.2. The summed E-state index contributed by atoms with van der Waals surface area (Å²) < 4.78 is 5.57. The lowest BCUT2D eigenvalue weighted by atomic mass is 9.95. The Hall–Kier alpha value is -1.06. The van der Waals surface area contributed by atoms with E-state index in [9.17, 15) is 4.79 Å². The summed E-state index contributed by atoms with van der Waals surface area (Å²) in [6.07, 6.45) is 5.99. The van der Waals surface area contributed by atoms with Crippen molar-refractivity contribution in [3.63, 3.8) is 0 Å². The van der Waals surface area contributed by atoms with E-state index in [0.717, 1.165) is 50.3 Å². The second-order valence-corrected chi connectivity index (χ2v) is 6.45. The van der Waals surface area contributed by atoms with Gasteiger partial charge in [0.25, 0.3) is 5.91 Å². The number of ether oxygens (including phenoxy) is 1. The van der Waals surface area contributed by atoms with Crippen molar-refractivity contribution in [1.82, 2.24) is 4.90 Å². The van der Waals surface area contributed by atoms with Gasteiger partial charge in [0.15, 0.2) is 0 Å². The van der Waals surface area contributed by atoms with Gasteiger partial charge < -0.3 is 9.64 Å². The molecule has 0 N–H and O–H groups in total. The van der Waals surface area contributed by atoms with E-state index in [0.29, 0.717) is 6.04 Å². The van der Waals surface area contributed by atoms with Gasteiger partial charge in [-0.1, -0.05) is 23.7 Å². The largest absolute Gasteiger partial charge is 0.368 e. The number of hydrogen-bond donors (Lipinski definition) is 0. The molecule has 0 radical (unpaired) electrons. The van der Waals surface area contributed by atoms with Crippen LogP contribution in [0.25, 0.3) is 0 Å². The highest BCUT2D eigenvalue weighted by atomic mass is 35.5. The van der Waals surface area contributed by atoms with Gasteiger partial charge in [0.05, 0.1) is 0 Å². The average Bonchev–Trinajstić information content (AvgIpc) is 3.04. The first-order valence-corrected chi connectivity index (χ1v) is 8.28. The predicted molar refractivity (Wildman–Crippen MR) is 83.5 cm³/mol. The smallest absolute Gasteiger partial charge is 0.251 e. The van der Waals surface area contributed by atoms with Gasteiger partial charge in [-0.2, -0.15) is 0 Å². The molecule has 4 heteroatoms. The SMILES string of the molecule is O=C(C1CCCO1)N1CCCCC1Cc1ccc(Cl)cc1. The van der Waals surface area contributed by atoms with Gasteiger partial charge in [0, 0.05) is 24.2 Å². The molecular formula is C17H22ClNO2. The van der Waals surface area contributed by atoms with Crippen molar-refractivity contribution in [3.05, 3.63) is 34.9 Å². The standard InChI is InChI=1S/C17H22ClNO2/c18-14-8-6-13(7-9-14)12-15-4-1-2-10-19(15)17(20)16-5-3-11-21-16/h6-9,15-16H,1-5,10-12H2. The van der Waals surface area contributed by atoms with Gasteiger partial charge in [0.2, 0.25) is 0 Å². The molecule has 1 aromatic rings. The van der Waals surface area contributed by atoms with Crippen molar-refractivity contribution in [3.8, 4) is 0 Å². The van der Waals surface area contributed by atoms with Crippen LogP contribution in [0.15, 0.2) is 24.3 Å². The van der Waals surface area contributed by atoms with Crippen molar-refractivity contribution in [2.75, 3.05) is 13.2 Å². The predicted octanol–water partition coefficient (Wildman–Crippen LogP) is 3.44. The maximum Gasteiger partial charge on any atom is 0.251 e. The molecule has 21 heavy (non-hydrogen) atoms. The van der Waals surface area contributed by atoms with Crippen LogP contribution in [0.1, 0.15) is 37.7 Å². The lowest BCUT2D eigenvalue weighted by molar-refractivity contribution is -0.144. The fourth-order valence-electron chi connectivity index (χ4n) is 3.35. The van der Waals surface area contributed by atoms with E-state index in [-0.39, 0.29) is 12.0 Å². The van der Waals surface area contributed by atoms with Gasteiger partial charge in [-0.25, -0.2) is 0 Å². The first-order valence-electron chi connectivity index (χ1n) is 7.90. The van der Waals surface area contributed by atoms with E-state index in [1.807, 2.05) is 12.1 Å². The molecule has 2 aliphatic heterocycles. The van der Waals surface area contributed by atoms with Crippen LogP contribution in [0.5, 0.6) is 0 Å². The fourth-order valence-corrected chi connectivity index (χ4v) is 3.48. The van der Waals surface area contributed by atoms with Crippen LogP contribution in [0.3, 0.4) is 0 Å². The molecule has 0 aliphatic carbocycles. The number of likely N-dealkylation sites (tertiary alicyclic amines) is 1. The Kier molecular flexibility index (Phi) is 4.81. The first kappa shape index (κ1) is 14.9. The minimum Gasteiger partial charge on any atom is -0.368 e. The van der Waals surface area contributed by atoms with Gasteiger partial charge >= 0.3 is 0 Å². The molecule has 2 heterocycles. The topological polar surface area (TPSA) is 29.5 Å². The number of carbonyl (C=O) groups excluding carboxylic acids is 1. The van der Waals surface area contributed by atoms with Gasteiger partial charge in [-0.3, -0.25) is 4.79 Å². The lowest BCUT2D eigenvalue weighted by Gasteiger charge is -2.37. The molecular weight excluding hydrogens is 286 g/mol. The van der Waals surface area contributed by atoms with Gasteiger partial charge in [-0.15, -0.1) is 0 Å². The molecule has 0 saturated carbocycles. The number of rotatable bonds is 3. The Bertz CT molecular complexity index is 482. The van der Waals surface area contributed by atoms with E-state index in [2.05, 4.69) is 17.0 Å². The molecule has 3 nitrogen and oxygen atoms in total. The molecule has 2 saturated heterocycles. The fraction of sp³-hybridized carbons (Fsp3) is 0.588. The van der Waals surface area contributed by atoms with Crippen LogP contribution in [-0.2, 0) is 16.0 Å². The monoisotopic (exact) mass is 307 g/mol. The number of halogens is 1. The quantitative estimate of drug-likeness (QED) is 0.856. The zero-order valence-electron chi connectivity index (χ0n) is 12.3. The summed E-state index contributed by atoms with van der Waals surface area (Å²) >= 11 is 5.94. The van der Waals surface area contributed by atoms with Crippen molar-refractivity contribution in [2.45, 2.75) is 50.7 Å². The third kappa shape index (κ3) is 3.58. The summed E-state index contributed by atoms with van der Waals surface area (Å²) in [6.45, 7) is 1.60. The molecule has 1 amide bonds. The highest BCUT2D eigenvalue weighted by Crippen LogP contribution is 2.25. The minimum atomic E-state index is -0.198. The number of hydrogen-bond acceptors (Lipinski definition) is 2. The molecule has 0 aromatic heterocycles. The molecule has 2 aliphatic rings. The second-order valence-electron chi connectivity index (χ2n) is 6.01. The van der Waals surface area contributed by atoms with E-state index in [1.54, 1.807) is 0 Å². The van der Waals surface area contributed by atoms with E-state index < -0.39 is 0 Å². The molecule has 0 spiro atoms. The number of amides is 1. The molecule has 2 unspecified atom stereocenters. The van der Waals surface area contributed by atoms with Crippen molar-refractivity contribution >= 4 is 17.5 Å². The summed E-state index contributed by atoms with van der Waals surface area (Å²) in [7, 11) is 0. The highest BCUT2D eigenvalue weighted by molar-refractivity contribution is 6.30. The average molecular weight is 308 g/mol. The van der Waals surface area contributed by atoms with Gasteiger partial charge in [0.1, 0.15) is 6.10 Å². The third-order valence-electron chi connectivity index (χ3n) is 4.50. The van der Waals surface area contributed by atoms with Crippen LogP contribution in [0.4, 0.5) is 0 Å². The molecule has 2 atom stereocenters. The summed E-state index contributed by atoms with van der Waals surface area (Å²) in [5, 5.41) is 0.759. The Morgan fingerprint density at radius 1 is 1.19 bits per heavy atom. The molecule has 3 rings (SSSR count). The van der Waals surface area contributed by atoms with Crippen LogP contribution >= 0.6 is 11.6 Å².